The van der Waals surface area contributed by atoms with Gasteiger partial charge in [0, 0.05) is 0 Å². The van der Waals surface area contributed by atoms with Crippen molar-refractivity contribution in [3.05, 3.63) is 193 Å². The van der Waals surface area contributed by atoms with E-state index in [4.69, 9.17) is 0 Å². The first-order valence-electron chi connectivity index (χ1n) is 15.0. The molecule has 2 aliphatic rings. The summed E-state index contributed by atoms with van der Waals surface area (Å²) in [5.41, 5.74) is 8.24. The fraction of sp³-hybridized carbons (Fsp3) is 0.0930. The van der Waals surface area contributed by atoms with Crippen LogP contribution >= 0.6 is 24.8 Å². The van der Waals surface area contributed by atoms with Gasteiger partial charge in [0.25, 0.3) is 0 Å². The Bertz CT molecular complexity index is 1760. The average molecular weight is 719 g/mol. The third-order valence-corrected chi connectivity index (χ3v) is 7.45. The van der Waals surface area contributed by atoms with Crippen LogP contribution in [0.2, 0.25) is 0 Å². The largest absolute Gasteiger partial charge is 0.147 e. The zero-order valence-electron chi connectivity index (χ0n) is 26.4. The van der Waals surface area contributed by atoms with Crippen LogP contribution in [0.25, 0.3) is 32.7 Å². The molecule has 0 aromatic heterocycles. The van der Waals surface area contributed by atoms with Crippen molar-refractivity contribution in [1.29, 1.82) is 0 Å². The first-order valence-corrected chi connectivity index (χ1v) is 16.7. The van der Waals surface area contributed by atoms with Crippen molar-refractivity contribution < 1.29 is 24.2 Å². The van der Waals surface area contributed by atoms with Gasteiger partial charge in [0.1, 0.15) is 0 Å². The van der Waals surface area contributed by atoms with E-state index in [0.717, 1.165) is 12.8 Å². The SMILES string of the molecule is C[CH-]c1ccccc1.C[CH-]c1ccccc1.Cl.Cl.[C-]1=CC=CC1.[CH2]=[Zr].[c-]1cccc2c1c1c(c3ccccc32)-c2ccccc2C1. The molecule has 234 valence electrons. The van der Waals surface area contributed by atoms with Crippen LogP contribution in [0.1, 0.15) is 42.5 Å². The maximum atomic E-state index is 3.48. The third-order valence-electron chi connectivity index (χ3n) is 7.45. The predicted molar refractivity (Wildman–Crippen MR) is 203 cm³/mol. The van der Waals surface area contributed by atoms with Crippen molar-refractivity contribution in [2.45, 2.75) is 26.7 Å². The Morgan fingerprint density at radius 3 is 1.70 bits per heavy atom. The molecule has 46 heavy (non-hydrogen) atoms. The van der Waals surface area contributed by atoms with E-state index in [2.05, 4.69) is 120 Å². The van der Waals surface area contributed by atoms with Crippen molar-refractivity contribution in [2.75, 3.05) is 0 Å². The second kappa shape index (κ2) is 21.2. The molecule has 2 aliphatic carbocycles. The molecule has 0 spiro atoms. The van der Waals surface area contributed by atoms with E-state index in [1.54, 1.807) is 0 Å². The van der Waals surface area contributed by atoms with E-state index in [9.17, 15) is 0 Å². The molecule has 3 heteroatoms. The molecule has 0 amide bonds. The molecule has 0 saturated heterocycles. The Labute approximate surface area is 303 Å². The van der Waals surface area contributed by atoms with Gasteiger partial charge in [-0.25, -0.2) is 12.2 Å². The second-order valence-electron chi connectivity index (χ2n) is 10.1. The molecule has 0 radical (unpaired) electrons. The number of hydrogen-bond donors (Lipinski definition) is 0. The summed E-state index contributed by atoms with van der Waals surface area (Å²) < 4.78 is 3.34. The van der Waals surface area contributed by atoms with E-state index in [1.807, 2.05) is 68.5 Å². The molecule has 0 atom stereocenters. The molecule has 6 aromatic carbocycles. The van der Waals surface area contributed by atoms with Crippen molar-refractivity contribution in [2.24, 2.45) is 0 Å². The van der Waals surface area contributed by atoms with Crippen LogP contribution in [0, 0.1) is 25.0 Å². The Balaban J connectivity index is 0.000000245. The van der Waals surface area contributed by atoms with Crippen molar-refractivity contribution in [3.63, 3.8) is 0 Å². The zero-order chi connectivity index (χ0) is 31.0. The first-order chi connectivity index (χ1) is 21.8. The molecule has 0 N–H and O–H groups in total. The van der Waals surface area contributed by atoms with Crippen LogP contribution in [0.15, 0.2) is 146 Å². The monoisotopic (exact) mass is 716 g/mol. The molecular formula is C43H40Cl2Zr-4. The molecule has 0 bridgehead atoms. The maximum absolute atomic E-state index is 3.48. The molecular weight excluding hydrogens is 679 g/mol. The van der Waals surface area contributed by atoms with E-state index in [0.29, 0.717) is 0 Å². The van der Waals surface area contributed by atoms with E-state index in [-0.39, 0.29) is 24.8 Å². The molecule has 6 aromatic rings. The van der Waals surface area contributed by atoms with E-state index < -0.39 is 0 Å². The van der Waals surface area contributed by atoms with E-state index in [1.165, 1.54) is 79.2 Å². The summed E-state index contributed by atoms with van der Waals surface area (Å²) in [5.74, 6) is 0. The minimum atomic E-state index is 0. The van der Waals surface area contributed by atoms with Gasteiger partial charge in [-0.3, -0.25) is 6.08 Å². The Kier molecular flexibility index (Phi) is 17.8. The minimum Gasteiger partial charge on any atom is -0.147 e. The molecule has 0 heterocycles. The molecule has 0 aliphatic heterocycles. The van der Waals surface area contributed by atoms with Gasteiger partial charge in [-0.05, 0) is 28.5 Å². The normalized spacial score (nSPS) is 10.7. The topological polar surface area (TPSA) is 0 Å². The Hall–Kier alpha value is -3.61. The quantitative estimate of drug-likeness (QED) is 0.123. The Morgan fingerprint density at radius 1 is 0.630 bits per heavy atom. The number of halogens is 2. The van der Waals surface area contributed by atoms with Crippen molar-refractivity contribution >= 4 is 50.6 Å². The van der Waals surface area contributed by atoms with Gasteiger partial charge in [-0.1, -0.05) is 79.9 Å². The van der Waals surface area contributed by atoms with Gasteiger partial charge >= 0.3 is 28.4 Å². The number of fused-ring (bicyclic) bond motifs is 8. The Morgan fingerprint density at radius 2 is 1.17 bits per heavy atom. The van der Waals surface area contributed by atoms with Crippen molar-refractivity contribution in [3.8, 4) is 11.1 Å². The van der Waals surface area contributed by atoms with E-state index >= 15 is 0 Å². The third kappa shape index (κ3) is 10.2. The number of allylic oxidation sites excluding steroid dienone is 4. The molecule has 8 rings (SSSR count). The number of rotatable bonds is 2. The van der Waals surface area contributed by atoms with Crippen LogP contribution in [0.3, 0.4) is 0 Å². The molecule has 0 saturated carbocycles. The van der Waals surface area contributed by atoms with Gasteiger partial charge in [-0.15, -0.1) is 96.1 Å². The second-order valence-corrected chi connectivity index (χ2v) is 10.1. The summed E-state index contributed by atoms with van der Waals surface area (Å²) in [6.07, 6.45) is 15.2. The summed E-state index contributed by atoms with van der Waals surface area (Å²) in [6.45, 7) is 4.07. The average Bonchev–Trinajstić information content (AvgIpc) is 3.84. The summed E-state index contributed by atoms with van der Waals surface area (Å²) in [5, 5.41) is 5.30. The summed E-state index contributed by atoms with van der Waals surface area (Å²) >= 11 is 1.30. The van der Waals surface area contributed by atoms with Gasteiger partial charge in [0.15, 0.2) is 0 Å². The van der Waals surface area contributed by atoms with Crippen LogP contribution in [-0.4, -0.2) is 4.21 Å². The summed E-state index contributed by atoms with van der Waals surface area (Å²) in [6, 6.07) is 47.9. The summed E-state index contributed by atoms with van der Waals surface area (Å²) in [7, 11) is 0. The maximum Gasteiger partial charge on any atom is -0.0240 e. The van der Waals surface area contributed by atoms with Gasteiger partial charge in [0.2, 0.25) is 0 Å². The fourth-order valence-electron chi connectivity index (χ4n) is 5.36. The molecule has 0 fully saturated rings. The molecule has 0 nitrogen and oxygen atoms in total. The van der Waals surface area contributed by atoms with Crippen LogP contribution < -0.4 is 0 Å². The van der Waals surface area contributed by atoms with Crippen molar-refractivity contribution in [1.82, 2.24) is 0 Å². The fourth-order valence-corrected chi connectivity index (χ4v) is 5.36. The standard InChI is InChI=1S/C21H13.2C8H9.C5H5.CH2.2ClH.Zr/c1-2-8-15-14(7-1)13-20-18-11-4-3-9-16(18)17-10-5-6-12-19(17)21(15)20;2*1-2-8-6-4-3-5-7-8;1-2-4-5-3-1;;;;/h1-10,12H,13H2;2*2-7H,1H3;1-3H,4H2;1H2;2*1H;/q4*-1;;;;. The van der Waals surface area contributed by atoms with Gasteiger partial charge < -0.3 is 0 Å². The smallest absolute Gasteiger partial charge is 0.0240 e. The minimum absolute atomic E-state index is 0. The predicted octanol–water partition coefficient (Wildman–Crippen LogP) is 12.0. The van der Waals surface area contributed by atoms with Crippen LogP contribution in [0.5, 0.6) is 0 Å². The number of benzene rings is 6. The van der Waals surface area contributed by atoms with Crippen LogP contribution in [-0.2, 0) is 30.7 Å². The number of hydrogen-bond acceptors (Lipinski definition) is 0. The first kappa shape index (κ1) is 38.6. The van der Waals surface area contributed by atoms with Gasteiger partial charge in [0.05, 0.1) is 0 Å². The molecule has 0 unspecified atom stereocenters. The van der Waals surface area contributed by atoms with Crippen LogP contribution in [0.4, 0.5) is 0 Å². The summed E-state index contributed by atoms with van der Waals surface area (Å²) in [4.78, 5) is 0. The zero-order valence-corrected chi connectivity index (χ0v) is 30.5. The van der Waals surface area contributed by atoms with Gasteiger partial charge in [-0.2, -0.15) is 54.3 Å².